The van der Waals surface area contributed by atoms with Gasteiger partial charge in [0.1, 0.15) is 0 Å². The van der Waals surface area contributed by atoms with Crippen LogP contribution in [0.25, 0.3) is 11.1 Å². The molecule has 5 heteroatoms. The maximum absolute atomic E-state index is 11.8. The Labute approximate surface area is 142 Å². The zero-order chi connectivity index (χ0) is 16.6. The SMILES string of the molecule is O=C(NCCN1CCCCC1)Oc1ccc(-c2ccccc2)cn1. The molecule has 1 aromatic heterocycles. The molecule has 24 heavy (non-hydrogen) atoms. The molecule has 1 aliphatic rings. The van der Waals surface area contributed by atoms with Gasteiger partial charge in [-0.3, -0.25) is 0 Å². The Hall–Kier alpha value is -2.40. The van der Waals surface area contributed by atoms with E-state index < -0.39 is 6.09 Å². The predicted octanol–water partition coefficient (Wildman–Crippen LogP) is 3.32. The predicted molar refractivity (Wildman–Crippen MR) is 94.0 cm³/mol. The van der Waals surface area contributed by atoms with Gasteiger partial charge in [-0.05, 0) is 37.6 Å². The maximum Gasteiger partial charge on any atom is 0.413 e. The molecule has 0 bridgehead atoms. The number of carbonyl (C=O) groups is 1. The first kappa shape index (κ1) is 16.5. The Bertz CT molecular complexity index is 637. The summed E-state index contributed by atoms with van der Waals surface area (Å²) in [5.74, 6) is 0.310. The summed E-state index contributed by atoms with van der Waals surface area (Å²) in [6.07, 6.45) is 5.08. The van der Waals surface area contributed by atoms with Crippen molar-refractivity contribution < 1.29 is 9.53 Å². The molecule has 126 valence electrons. The zero-order valence-electron chi connectivity index (χ0n) is 13.8. The second-order valence-electron chi connectivity index (χ2n) is 5.97. The molecule has 0 spiro atoms. The van der Waals surface area contributed by atoms with Crippen molar-refractivity contribution in [3.63, 3.8) is 0 Å². The van der Waals surface area contributed by atoms with Gasteiger partial charge < -0.3 is 15.0 Å². The summed E-state index contributed by atoms with van der Waals surface area (Å²) >= 11 is 0. The van der Waals surface area contributed by atoms with Crippen molar-refractivity contribution in [3.8, 4) is 17.0 Å². The number of nitrogens with one attached hydrogen (secondary N) is 1. The standard InChI is InChI=1S/C19H23N3O2/c23-19(20-11-14-22-12-5-2-6-13-22)24-18-10-9-17(15-21-18)16-7-3-1-4-8-16/h1,3-4,7-10,15H,2,5-6,11-14H2,(H,20,23). The second kappa shape index (κ2) is 8.45. The number of carbonyl (C=O) groups excluding carboxylic acids is 1. The summed E-state index contributed by atoms with van der Waals surface area (Å²) in [5.41, 5.74) is 2.08. The van der Waals surface area contributed by atoms with Crippen LogP contribution in [0.4, 0.5) is 4.79 Å². The van der Waals surface area contributed by atoms with E-state index in [9.17, 15) is 4.79 Å². The third kappa shape index (κ3) is 4.80. The van der Waals surface area contributed by atoms with E-state index in [1.165, 1.54) is 19.3 Å². The molecule has 1 N–H and O–H groups in total. The molecular formula is C19H23N3O2. The maximum atomic E-state index is 11.8. The summed E-state index contributed by atoms with van der Waals surface area (Å²) in [6, 6.07) is 13.6. The summed E-state index contributed by atoms with van der Waals surface area (Å²) in [4.78, 5) is 18.4. The van der Waals surface area contributed by atoms with Gasteiger partial charge in [-0.1, -0.05) is 36.8 Å². The van der Waals surface area contributed by atoms with Gasteiger partial charge in [0, 0.05) is 30.9 Å². The van der Waals surface area contributed by atoms with Crippen molar-refractivity contribution >= 4 is 6.09 Å². The monoisotopic (exact) mass is 325 g/mol. The minimum absolute atomic E-state index is 0.310. The summed E-state index contributed by atoms with van der Waals surface area (Å²) in [7, 11) is 0. The number of rotatable bonds is 5. The highest BCUT2D eigenvalue weighted by Gasteiger charge is 2.11. The number of hydrogen-bond acceptors (Lipinski definition) is 4. The Kier molecular flexibility index (Phi) is 5.80. The number of amides is 1. The van der Waals surface area contributed by atoms with Crippen molar-refractivity contribution in [2.24, 2.45) is 0 Å². The average molecular weight is 325 g/mol. The Balaban J connectivity index is 1.44. The van der Waals surface area contributed by atoms with Crippen molar-refractivity contribution in [1.29, 1.82) is 0 Å². The lowest BCUT2D eigenvalue weighted by molar-refractivity contribution is 0.191. The lowest BCUT2D eigenvalue weighted by Gasteiger charge is -2.26. The lowest BCUT2D eigenvalue weighted by Crippen LogP contribution is -2.38. The summed E-state index contributed by atoms with van der Waals surface area (Å²) in [5, 5.41) is 2.78. The van der Waals surface area contributed by atoms with E-state index in [1.54, 1.807) is 12.3 Å². The molecule has 0 radical (unpaired) electrons. The van der Waals surface area contributed by atoms with E-state index >= 15 is 0 Å². The van der Waals surface area contributed by atoms with Crippen molar-refractivity contribution in [2.45, 2.75) is 19.3 Å². The molecule has 0 aliphatic carbocycles. The van der Waals surface area contributed by atoms with Crippen LogP contribution in [0.1, 0.15) is 19.3 Å². The van der Waals surface area contributed by atoms with Gasteiger partial charge in [0.2, 0.25) is 5.88 Å². The van der Waals surface area contributed by atoms with E-state index in [1.807, 2.05) is 36.4 Å². The number of pyridine rings is 1. The molecule has 1 amide bonds. The van der Waals surface area contributed by atoms with E-state index in [2.05, 4.69) is 15.2 Å². The molecular weight excluding hydrogens is 302 g/mol. The smallest absolute Gasteiger partial charge is 0.391 e. The van der Waals surface area contributed by atoms with Gasteiger partial charge >= 0.3 is 6.09 Å². The van der Waals surface area contributed by atoms with E-state index in [0.717, 1.165) is 30.8 Å². The van der Waals surface area contributed by atoms with Gasteiger partial charge in [-0.25, -0.2) is 9.78 Å². The van der Waals surface area contributed by atoms with E-state index in [-0.39, 0.29) is 0 Å². The normalized spacial score (nSPS) is 15.0. The number of benzene rings is 1. The number of aromatic nitrogens is 1. The van der Waals surface area contributed by atoms with Crippen LogP contribution in [0, 0.1) is 0 Å². The largest absolute Gasteiger partial charge is 0.413 e. The quantitative estimate of drug-likeness (QED) is 0.916. The Morgan fingerprint density at radius 2 is 1.83 bits per heavy atom. The van der Waals surface area contributed by atoms with Crippen LogP contribution < -0.4 is 10.1 Å². The van der Waals surface area contributed by atoms with Crippen LogP contribution in [0.15, 0.2) is 48.7 Å². The Morgan fingerprint density at radius 1 is 1.04 bits per heavy atom. The van der Waals surface area contributed by atoms with Crippen LogP contribution in [0.3, 0.4) is 0 Å². The summed E-state index contributed by atoms with van der Waals surface area (Å²) in [6.45, 7) is 3.72. The number of nitrogens with zero attached hydrogens (tertiary/aromatic N) is 2. The van der Waals surface area contributed by atoms with E-state index in [0.29, 0.717) is 12.4 Å². The fourth-order valence-electron chi connectivity index (χ4n) is 2.87. The molecule has 1 fully saturated rings. The first-order valence-corrected chi connectivity index (χ1v) is 8.51. The van der Waals surface area contributed by atoms with Gasteiger partial charge in [-0.2, -0.15) is 0 Å². The number of hydrogen-bond donors (Lipinski definition) is 1. The highest BCUT2D eigenvalue weighted by Crippen LogP contribution is 2.19. The van der Waals surface area contributed by atoms with Crippen LogP contribution in [0.5, 0.6) is 5.88 Å². The third-order valence-corrected chi connectivity index (χ3v) is 4.19. The minimum atomic E-state index is -0.452. The molecule has 2 heterocycles. The first-order valence-electron chi connectivity index (χ1n) is 8.51. The van der Waals surface area contributed by atoms with Crippen LogP contribution >= 0.6 is 0 Å². The Morgan fingerprint density at radius 3 is 2.54 bits per heavy atom. The fraction of sp³-hybridized carbons (Fsp3) is 0.368. The fourth-order valence-corrected chi connectivity index (χ4v) is 2.87. The van der Waals surface area contributed by atoms with Gasteiger partial charge in [-0.15, -0.1) is 0 Å². The van der Waals surface area contributed by atoms with Gasteiger partial charge in [0.25, 0.3) is 0 Å². The third-order valence-electron chi connectivity index (χ3n) is 4.19. The van der Waals surface area contributed by atoms with Crippen molar-refractivity contribution in [3.05, 3.63) is 48.7 Å². The lowest BCUT2D eigenvalue weighted by atomic mass is 10.1. The van der Waals surface area contributed by atoms with Crippen molar-refractivity contribution in [1.82, 2.24) is 15.2 Å². The highest BCUT2D eigenvalue weighted by atomic mass is 16.6. The number of piperidine rings is 1. The molecule has 3 rings (SSSR count). The molecule has 0 atom stereocenters. The van der Waals surface area contributed by atoms with Gasteiger partial charge in [0.15, 0.2) is 0 Å². The first-order chi connectivity index (χ1) is 11.8. The topological polar surface area (TPSA) is 54.5 Å². The second-order valence-corrected chi connectivity index (χ2v) is 5.97. The van der Waals surface area contributed by atoms with Crippen LogP contribution in [0.2, 0.25) is 0 Å². The molecule has 1 aliphatic heterocycles. The van der Waals surface area contributed by atoms with Gasteiger partial charge in [0.05, 0.1) is 0 Å². The van der Waals surface area contributed by atoms with E-state index in [4.69, 9.17) is 4.74 Å². The molecule has 1 aromatic carbocycles. The molecule has 0 unspecified atom stereocenters. The summed E-state index contributed by atoms with van der Waals surface area (Å²) < 4.78 is 5.21. The molecule has 0 saturated carbocycles. The zero-order valence-corrected chi connectivity index (χ0v) is 13.8. The molecule has 1 saturated heterocycles. The highest BCUT2D eigenvalue weighted by molar-refractivity contribution is 5.70. The molecule has 2 aromatic rings. The minimum Gasteiger partial charge on any atom is -0.391 e. The molecule has 5 nitrogen and oxygen atoms in total. The number of ether oxygens (including phenoxy) is 1. The van der Waals surface area contributed by atoms with Crippen LogP contribution in [-0.2, 0) is 0 Å². The number of likely N-dealkylation sites (tertiary alicyclic amines) is 1. The van der Waals surface area contributed by atoms with Crippen LogP contribution in [-0.4, -0.2) is 42.2 Å². The average Bonchev–Trinajstić information content (AvgIpc) is 2.64. The van der Waals surface area contributed by atoms with Crippen molar-refractivity contribution in [2.75, 3.05) is 26.2 Å².